The van der Waals surface area contributed by atoms with E-state index in [1.54, 1.807) is 11.4 Å². The number of thiophene rings is 1. The van der Waals surface area contributed by atoms with Crippen LogP contribution in [-0.4, -0.2) is 24.7 Å². The van der Waals surface area contributed by atoms with Crippen LogP contribution < -0.4 is 5.32 Å². The molecule has 4 nitrogen and oxygen atoms in total. The van der Waals surface area contributed by atoms with Gasteiger partial charge in [-0.2, -0.15) is 0 Å². The van der Waals surface area contributed by atoms with Gasteiger partial charge in [0.05, 0.1) is 18.6 Å². The minimum absolute atomic E-state index is 0.157. The Morgan fingerprint density at radius 2 is 2.18 bits per heavy atom. The van der Waals surface area contributed by atoms with Crippen LogP contribution >= 0.6 is 34.7 Å². The Morgan fingerprint density at radius 3 is 2.91 bits per heavy atom. The van der Waals surface area contributed by atoms with Crippen molar-refractivity contribution in [3.63, 3.8) is 0 Å². The van der Waals surface area contributed by atoms with E-state index < -0.39 is 5.97 Å². The highest BCUT2D eigenvalue weighted by molar-refractivity contribution is 7.99. The Hall–Kier alpha value is -1.50. The zero-order valence-electron chi connectivity index (χ0n) is 11.8. The van der Waals surface area contributed by atoms with Crippen molar-refractivity contribution in [3.8, 4) is 0 Å². The third kappa shape index (κ3) is 4.76. The van der Waals surface area contributed by atoms with Gasteiger partial charge in [-0.3, -0.25) is 4.79 Å². The number of halogens is 1. The first-order chi connectivity index (χ1) is 10.6. The molecule has 0 atom stereocenters. The molecule has 2 rings (SSSR count). The van der Waals surface area contributed by atoms with Crippen LogP contribution in [0.15, 0.2) is 35.7 Å². The molecule has 7 heteroatoms. The summed E-state index contributed by atoms with van der Waals surface area (Å²) in [6.45, 7) is 0. The number of hydrogen-bond donors (Lipinski definition) is 1. The second-order valence-electron chi connectivity index (χ2n) is 4.33. The number of anilines is 1. The molecule has 2 aromatic rings. The van der Waals surface area contributed by atoms with Crippen LogP contribution in [0.1, 0.15) is 15.2 Å². The molecule has 0 saturated carbocycles. The summed E-state index contributed by atoms with van der Waals surface area (Å²) in [6.07, 6.45) is 0. The Kier molecular flexibility index (Phi) is 6.30. The van der Waals surface area contributed by atoms with Crippen molar-refractivity contribution < 1.29 is 14.3 Å². The SMILES string of the molecule is COC(=O)c1sccc1NC(=O)CSCc1cccc(Cl)c1. The second kappa shape index (κ2) is 8.22. The van der Waals surface area contributed by atoms with Gasteiger partial charge in [0.15, 0.2) is 0 Å². The number of esters is 1. The van der Waals surface area contributed by atoms with E-state index in [1.165, 1.54) is 30.2 Å². The largest absolute Gasteiger partial charge is 0.465 e. The lowest BCUT2D eigenvalue weighted by molar-refractivity contribution is -0.113. The maximum Gasteiger partial charge on any atom is 0.350 e. The van der Waals surface area contributed by atoms with E-state index >= 15 is 0 Å². The van der Waals surface area contributed by atoms with Gasteiger partial charge in [0.2, 0.25) is 5.91 Å². The van der Waals surface area contributed by atoms with Crippen molar-refractivity contribution in [1.29, 1.82) is 0 Å². The van der Waals surface area contributed by atoms with E-state index in [-0.39, 0.29) is 5.91 Å². The van der Waals surface area contributed by atoms with Gasteiger partial charge in [-0.1, -0.05) is 23.7 Å². The molecule has 1 heterocycles. The zero-order valence-corrected chi connectivity index (χ0v) is 14.2. The van der Waals surface area contributed by atoms with Crippen LogP contribution in [0.2, 0.25) is 5.02 Å². The summed E-state index contributed by atoms with van der Waals surface area (Å²) in [4.78, 5) is 23.9. The molecule has 0 fully saturated rings. The lowest BCUT2D eigenvalue weighted by Crippen LogP contribution is -2.15. The highest BCUT2D eigenvalue weighted by atomic mass is 35.5. The number of rotatable bonds is 6. The Morgan fingerprint density at radius 1 is 1.36 bits per heavy atom. The summed E-state index contributed by atoms with van der Waals surface area (Å²) in [6, 6.07) is 9.22. The number of carbonyl (C=O) groups is 2. The summed E-state index contributed by atoms with van der Waals surface area (Å²) in [5.41, 5.74) is 1.56. The van der Waals surface area contributed by atoms with Crippen LogP contribution in [0.25, 0.3) is 0 Å². The molecule has 0 unspecified atom stereocenters. The zero-order chi connectivity index (χ0) is 15.9. The first kappa shape index (κ1) is 16.9. The molecular weight excluding hydrogens is 342 g/mol. The number of thioether (sulfide) groups is 1. The molecule has 0 saturated heterocycles. The Labute approximate surface area is 141 Å². The number of hydrogen-bond acceptors (Lipinski definition) is 5. The van der Waals surface area contributed by atoms with Crippen LogP contribution in [0.5, 0.6) is 0 Å². The minimum atomic E-state index is -0.447. The van der Waals surface area contributed by atoms with Crippen LogP contribution in [-0.2, 0) is 15.3 Å². The minimum Gasteiger partial charge on any atom is -0.465 e. The smallest absolute Gasteiger partial charge is 0.350 e. The normalized spacial score (nSPS) is 10.3. The highest BCUT2D eigenvalue weighted by Gasteiger charge is 2.15. The first-order valence-electron chi connectivity index (χ1n) is 6.38. The molecule has 0 aliphatic rings. The number of benzene rings is 1. The average molecular weight is 356 g/mol. The number of nitrogens with one attached hydrogen (secondary N) is 1. The van der Waals surface area contributed by atoms with Gasteiger partial charge in [0.25, 0.3) is 0 Å². The van der Waals surface area contributed by atoms with Gasteiger partial charge < -0.3 is 10.1 Å². The third-order valence-electron chi connectivity index (χ3n) is 2.70. The van der Waals surface area contributed by atoms with Crippen molar-refractivity contribution in [2.75, 3.05) is 18.2 Å². The summed E-state index contributed by atoms with van der Waals surface area (Å²) in [5.74, 6) is 0.386. The van der Waals surface area contributed by atoms with Crippen LogP contribution in [0, 0.1) is 0 Å². The quantitative estimate of drug-likeness (QED) is 0.794. The predicted molar refractivity (Wildman–Crippen MR) is 91.9 cm³/mol. The molecular formula is C15H14ClNO3S2. The van der Waals surface area contributed by atoms with E-state index in [4.69, 9.17) is 11.6 Å². The molecule has 1 N–H and O–H groups in total. The van der Waals surface area contributed by atoms with E-state index in [0.29, 0.717) is 27.1 Å². The van der Waals surface area contributed by atoms with E-state index in [9.17, 15) is 9.59 Å². The van der Waals surface area contributed by atoms with E-state index in [1.807, 2.05) is 24.3 Å². The molecule has 116 valence electrons. The van der Waals surface area contributed by atoms with Gasteiger partial charge in [0, 0.05) is 10.8 Å². The van der Waals surface area contributed by atoms with Crippen LogP contribution in [0.4, 0.5) is 5.69 Å². The van der Waals surface area contributed by atoms with Gasteiger partial charge in [-0.15, -0.1) is 23.1 Å². The lowest BCUT2D eigenvalue weighted by atomic mass is 10.2. The highest BCUT2D eigenvalue weighted by Crippen LogP contribution is 2.23. The molecule has 0 radical (unpaired) electrons. The molecule has 1 amide bonds. The van der Waals surface area contributed by atoms with Gasteiger partial charge in [-0.05, 0) is 29.1 Å². The summed E-state index contributed by atoms with van der Waals surface area (Å²) in [5, 5.41) is 5.15. The standard InChI is InChI=1S/C15H14ClNO3S2/c1-20-15(19)14-12(5-6-22-14)17-13(18)9-21-8-10-3-2-4-11(16)7-10/h2-7H,8-9H2,1H3,(H,17,18). The summed E-state index contributed by atoms with van der Waals surface area (Å²) in [7, 11) is 1.31. The van der Waals surface area contributed by atoms with Crippen LogP contribution in [0.3, 0.4) is 0 Å². The first-order valence-corrected chi connectivity index (χ1v) is 8.79. The number of amides is 1. The monoisotopic (exact) mass is 355 g/mol. The van der Waals surface area contributed by atoms with Crippen molar-refractivity contribution in [3.05, 3.63) is 51.2 Å². The second-order valence-corrected chi connectivity index (χ2v) is 6.66. The van der Waals surface area contributed by atoms with Crippen molar-refractivity contribution in [2.45, 2.75) is 5.75 Å². The molecule has 0 aliphatic carbocycles. The topological polar surface area (TPSA) is 55.4 Å². The van der Waals surface area contributed by atoms with Crippen molar-refractivity contribution in [2.24, 2.45) is 0 Å². The lowest BCUT2D eigenvalue weighted by Gasteiger charge is -2.06. The summed E-state index contributed by atoms with van der Waals surface area (Å²) >= 11 is 8.63. The fourth-order valence-electron chi connectivity index (χ4n) is 1.73. The van der Waals surface area contributed by atoms with Crippen molar-refractivity contribution >= 4 is 52.3 Å². The fraction of sp³-hybridized carbons (Fsp3) is 0.200. The fourth-order valence-corrected chi connectivity index (χ4v) is 3.49. The molecule has 0 aliphatic heterocycles. The molecule has 1 aromatic heterocycles. The van der Waals surface area contributed by atoms with Gasteiger partial charge in [0.1, 0.15) is 4.88 Å². The molecule has 0 bridgehead atoms. The number of ether oxygens (including phenoxy) is 1. The Balaban J connectivity index is 1.84. The van der Waals surface area contributed by atoms with E-state index in [2.05, 4.69) is 10.1 Å². The third-order valence-corrected chi connectivity index (χ3v) is 4.83. The number of methoxy groups -OCH3 is 1. The number of carbonyl (C=O) groups excluding carboxylic acids is 2. The maximum atomic E-state index is 11.9. The molecule has 1 aromatic carbocycles. The average Bonchev–Trinajstić information content (AvgIpc) is 2.94. The summed E-state index contributed by atoms with van der Waals surface area (Å²) < 4.78 is 4.67. The van der Waals surface area contributed by atoms with Crippen molar-refractivity contribution in [1.82, 2.24) is 0 Å². The Bertz CT molecular complexity index is 672. The molecule has 0 spiro atoms. The maximum absolute atomic E-state index is 11.9. The van der Waals surface area contributed by atoms with Gasteiger partial charge in [-0.25, -0.2) is 4.79 Å². The predicted octanol–water partition coefficient (Wildman–Crippen LogP) is 4.06. The molecule has 22 heavy (non-hydrogen) atoms. The van der Waals surface area contributed by atoms with E-state index in [0.717, 1.165) is 5.56 Å². The van der Waals surface area contributed by atoms with Gasteiger partial charge >= 0.3 is 5.97 Å².